The van der Waals surface area contributed by atoms with E-state index in [-0.39, 0.29) is 30.4 Å². The standard InChI is InChI=1S/C26H27N5O3/c1-16-14-31(15-17(2)34-16)25(33)18-8-10-20(11-9-18)28-26-27-13-19-12-23(32)30(3)22-7-5-4-6-21(22)24(19)29-26/h4-11,13,16-17H,12,14-15H2,1-3H3,(H,27,28,29). The second-order valence-corrected chi connectivity index (χ2v) is 8.88. The van der Waals surface area contributed by atoms with Crippen LogP contribution in [0.25, 0.3) is 11.3 Å². The Balaban J connectivity index is 1.37. The lowest BCUT2D eigenvalue weighted by molar-refractivity contribution is -0.117. The molecule has 1 N–H and O–H groups in total. The molecular weight excluding hydrogens is 430 g/mol. The van der Waals surface area contributed by atoms with E-state index in [0.717, 1.165) is 28.2 Å². The fourth-order valence-corrected chi connectivity index (χ4v) is 4.56. The molecule has 2 aromatic carbocycles. The van der Waals surface area contributed by atoms with Crippen LogP contribution in [0.1, 0.15) is 29.8 Å². The van der Waals surface area contributed by atoms with Gasteiger partial charge in [-0.25, -0.2) is 9.97 Å². The molecule has 2 unspecified atom stereocenters. The Morgan fingerprint density at radius 3 is 2.50 bits per heavy atom. The summed E-state index contributed by atoms with van der Waals surface area (Å²) in [5.74, 6) is 0.431. The minimum Gasteiger partial charge on any atom is -0.372 e. The number of hydrogen-bond acceptors (Lipinski definition) is 6. The summed E-state index contributed by atoms with van der Waals surface area (Å²) < 4.78 is 5.73. The van der Waals surface area contributed by atoms with Gasteiger partial charge in [0.15, 0.2) is 0 Å². The molecular formula is C26H27N5O3. The normalized spacial score (nSPS) is 19.8. The molecule has 0 bridgehead atoms. The van der Waals surface area contributed by atoms with Gasteiger partial charge < -0.3 is 19.9 Å². The van der Waals surface area contributed by atoms with Crippen LogP contribution in [0.5, 0.6) is 0 Å². The Morgan fingerprint density at radius 1 is 1.06 bits per heavy atom. The summed E-state index contributed by atoms with van der Waals surface area (Å²) in [4.78, 5) is 38.2. The summed E-state index contributed by atoms with van der Waals surface area (Å²) >= 11 is 0. The van der Waals surface area contributed by atoms with Gasteiger partial charge in [-0.3, -0.25) is 9.59 Å². The number of amides is 2. The van der Waals surface area contributed by atoms with Crippen molar-refractivity contribution in [2.24, 2.45) is 0 Å². The average Bonchev–Trinajstić information content (AvgIpc) is 2.93. The first-order valence-corrected chi connectivity index (χ1v) is 11.4. The number of benzene rings is 2. The van der Waals surface area contributed by atoms with Crippen molar-refractivity contribution in [3.63, 3.8) is 0 Å². The number of para-hydroxylation sites is 1. The number of nitrogens with zero attached hydrogens (tertiary/aromatic N) is 4. The van der Waals surface area contributed by atoms with Crippen molar-refractivity contribution in [3.05, 3.63) is 65.9 Å². The number of ether oxygens (including phenoxy) is 1. The van der Waals surface area contributed by atoms with Gasteiger partial charge in [-0.2, -0.15) is 0 Å². The quantitative estimate of drug-likeness (QED) is 0.646. The van der Waals surface area contributed by atoms with Crippen LogP contribution in [0, 0.1) is 0 Å². The van der Waals surface area contributed by atoms with Gasteiger partial charge in [0.05, 0.1) is 30.0 Å². The van der Waals surface area contributed by atoms with Crippen molar-refractivity contribution in [1.29, 1.82) is 0 Å². The van der Waals surface area contributed by atoms with Gasteiger partial charge in [-0.15, -0.1) is 0 Å². The molecule has 0 aliphatic carbocycles. The van der Waals surface area contributed by atoms with Gasteiger partial charge >= 0.3 is 0 Å². The number of hydrogen-bond donors (Lipinski definition) is 1. The Hall–Kier alpha value is -3.78. The summed E-state index contributed by atoms with van der Waals surface area (Å²) in [6.07, 6.45) is 2.01. The number of rotatable bonds is 3. The largest absolute Gasteiger partial charge is 0.372 e. The molecule has 1 saturated heterocycles. The lowest BCUT2D eigenvalue weighted by Gasteiger charge is -2.35. The van der Waals surface area contributed by atoms with Crippen molar-refractivity contribution >= 4 is 29.1 Å². The molecule has 8 heteroatoms. The molecule has 8 nitrogen and oxygen atoms in total. The maximum Gasteiger partial charge on any atom is 0.254 e. The molecule has 3 aromatic rings. The van der Waals surface area contributed by atoms with E-state index >= 15 is 0 Å². The summed E-state index contributed by atoms with van der Waals surface area (Å²) in [5.41, 5.74) is 4.66. The lowest BCUT2D eigenvalue weighted by Crippen LogP contribution is -2.48. The van der Waals surface area contributed by atoms with Gasteiger partial charge in [0.25, 0.3) is 5.91 Å². The van der Waals surface area contributed by atoms with Gasteiger partial charge in [0, 0.05) is 48.7 Å². The molecule has 174 valence electrons. The summed E-state index contributed by atoms with van der Waals surface area (Å²) in [6, 6.07) is 15.0. The van der Waals surface area contributed by atoms with Crippen LogP contribution in [-0.2, 0) is 16.0 Å². The van der Waals surface area contributed by atoms with Crippen molar-refractivity contribution in [2.45, 2.75) is 32.5 Å². The van der Waals surface area contributed by atoms with E-state index < -0.39 is 0 Å². The number of morpholine rings is 1. The molecule has 2 atom stereocenters. The van der Waals surface area contributed by atoms with Crippen LogP contribution in [0.15, 0.2) is 54.7 Å². The van der Waals surface area contributed by atoms with Crippen molar-refractivity contribution < 1.29 is 14.3 Å². The molecule has 0 spiro atoms. The van der Waals surface area contributed by atoms with E-state index in [1.165, 1.54) is 0 Å². The highest BCUT2D eigenvalue weighted by Crippen LogP contribution is 2.35. The number of carbonyl (C=O) groups excluding carboxylic acids is 2. The first-order valence-electron chi connectivity index (χ1n) is 11.4. The number of fused-ring (bicyclic) bond motifs is 3. The van der Waals surface area contributed by atoms with E-state index in [1.807, 2.05) is 67.3 Å². The fourth-order valence-electron chi connectivity index (χ4n) is 4.56. The van der Waals surface area contributed by atoms with Crippen molar-refractivity contribution in [3.8, 4) is 11.3 Å². The van der Waals surface area contributed by atoms with Gasteiger partial charge in [0.2, 0.25) is 11.9 Å². The third kappa shape index (κ3) is 4.24. The summed E-state index contributed by atoms with van der Waals surface area (Å²) in [6.45, 7) is 5.14. The van der Waals surface area contributed by atoms with Crippen LogP contribution in [-0.4, -0.2) is 59.0 Å². The number of aromatic nitrogens is 2. The summed E-state index contributed by atoms with van der Waals surface area (Å²) in [5, 5.41) is 3.22. The third-order valence-electron chi connectivity index (χ3n) is 6.20. The Labute approximate surface area is 198 Å². The highest BCUT2D eigenvalue weighted by molar-refractivity contribution is 6.01. The van der Waals surface area contributed by atoms with Crippen LogP contribution in [0.2, 0.25) is 0 Å². The van der Waals surface area contributed by atoms with Gasteiger partial charge in [-0.05, 0) is 44.2 Å². The summed E-state index contributed by atoms with van der Waals surface area (Å²) in [7, 11) is 1.78. The highest BCUT2D eigenvalue weighted by Gasteiger charge is 2.27. The van der Waals surface area contributed by atoms with Crippen LogP contribution in [0.3, 0.4) is 0 Å². The number of likely N-dealkylation sites (N-methyl/N-ethyl adjacent to an activating group) is 1. The predicted octanol–water partition coefficient (Wildman–Crippen LogP) is 3.66. The smallest absolute Gasteiger partial charge is 0.254 e. The minimum absolute atomic E-state index is 0.000166. The third-order valence-corrected chi connectivity index (χ3v) is 6.20. The molecule has 0 radical (unpaired) electrons. The lowest BCUT2D eigenvalue weighted by atomic mass is 10.1. The van der Waals surface area contributed by atoms with E-state index in [0.29, 0.717) is 24.6 Å². The maximum atomic E-state index is 12.9. The van der Waals surface area contributed by atoms with E-state index in [2.05, 4.69) is 10.3 Å². The second kappa shape index (κ2) is 8.87. The molecule has 2 aliphatic heterocycles. The predicted molar refractivity (Wildman–Crippen MR) is 130 cm³/mol. The van der Waals surface area contributed by atoms with Gasteiger partial charge in [-0.1, -0.05) is 18.2 Å². The fraction of sp³-hybridized carbons (Fsp3) is 0.308. The first-order chi connectivity index (χ1) is 16.4. The van der Waals surface area contributed by atoms with Gasteiger partial charge in [0.1, 0.15) is 0 Å². The molecule has 1 aromatic heterocycles. The minimum atomic E-state index is -0.000166. The molecule has 1 fully saturated rings. The SMILES string of the molecule is CC1CN(C(=O)c2ccc(Nc3ncc4c(n3)-c3ccccc3N(C)C(=O)C4)cc2)CC(C)O1. The average molecular weight is 458 g/mol. The zero-order chi connectivity index (χ0) is 23.8. The van der Waals surface area contributed by atoms with Crippen molar-refractivity contribution in [2.75, 3.05) is 30.4 Å². The highest BCUT2D eigenvalue weighted by atomic mass is 16.5. The molecule has 2 aliphatic rings. The monoisotopic (exact) mass is 457 g/mol. The van der Waals surface area contributed by atoms with E-state index in [9.17, 15) is 9.59 Å². The zero-order valence-corrected chi connectivity index (χ0v) is 19.5. The molecule has 5 rings (SSSR count). The second-order valence-electron chi connectivity index (χ2n) is 8.88. The number of anilines is 3. The topological polar surface area (TPSA) is 87.7 Å². The number of nitrogens with one attached hydrogen (secondary N) is 1. The molecule has 0 saturated carbocycles. The Kier molecular flexibility index (Phi) is 5.75. The molecule has 2 amide bonds. The number of carbonyl (C=O) groups is 2. The Bertz CT molecular complexity index is 1230. The van der Waals surface area contributed by atoms with Crippen LogP contribution in [0.4, 0.5) is 17.3 Å². The van der Waals surface area contributed by atoms with E-state index in [1.54, 1.807) is 18.1 Å². The Morgan fingerprint density at radius 2 is 1.76 bits per heavy atom. The first kappa shape index (κ1) is 22.0. The van der Waals surface area contributed by atoms with Crippen molar-refractivity contribution in [1.82, 2.24) is 14.9 Å². The van der Waals surface area contributed by atoms with Crippen LogP contribution >= 0.6 is 0 Å². The van der Waals surface area contributed by atoms with Crippen LogP contribution < -0.4 is 10.2 Å². The maximum absolute atomic E-state index is 12.9. The zero-order valence-electron chi connectivity index (χ0n) is 19.5. The molecule has 34 heavy (non-hydrogen) atoms. The van der Waals surface area contributed by atoms with E-state index in [4.69, 9.17) is 9.72 Å². The molecule has 3 heterocycles.